The predicted octanol–water partition coefficient (Wildman–Crippen LogP) is 2.37. The van der Waals surface area contributed by atoms with Crippen LogP contribution in [0.25, 0.3) is 0 Å². The van der Waals surface area contributed by atoms with Crippen LogP contribution < -0.4 is 10.2 Å². The molecule has 0 spiro atoms. The van der Waals surface area contributed by atoms with Crippen molar-refractivity contribution in [3.8, 4) is 0 Å². The second-order valence-corrected chi connectivity index (χ2v) is 3.95. The van der Waals surface area contributed by atoms with E-state index in [0.29, 0.717) is 22.7 Å². The number of nitrogens with zero attached hydrogens (tertiary/aromatic N) is 3. The zero-order valence-electron chi connectivity index (χ0n) is 9.04. The summed E-state index contributed by atoms with van der Waals surface area (Å²) in [6.07, 6.45) is -1.05. The second kappa shape index (κ2) is 5.93. The average molecular weight is 295 g/mol. The predicted molar refractivity (Wildman–Crippen MR) is 63.2 cm³/mol. The molecular formula is C9H13BrF2N4. The van der Waals surface area contributed by atoms with Crippen molar-refractivity contribution < 1.29 is 8.78 Å². The number of aromatic nitrogens is 2. The van der Waals surface area contributed by atoms with E-state index in [-0.39, 0.29) is 6.54 Å². The Morgan fingerprint density at radius 2 is 2.19 bits per heavy atom. The lowest BCUT2D eigenvalue weighted by Gasteiger charge is -2.19. The fourth-order valence-corrected chi connectivity index (χ4v) is 1.86. The van der Waals surface area contributed by atoms with Gasteiger partial charge in [0.25, 0.3) is 6.43 Å². The monoisotopic (exact) mass is 294 g/mol. The molecule has 4 nitrogen and oxygen atoms in total. The van der Waals surface area contributed by atoms with Crippen LogP contribution in [-0.4, -0.2) is 36.5 Å². The highest BCUT2D eigenvalue weighted by molar-refractivity contribution is 9.10. The molecule has 0 saturated heterocycles. The molecule has 0 unspecified atom stereocenters. The lowest BCUT2D eigenvalue weighted by atomic mass is 10.4. The summed E-state index contributed by atoms with van der Waals surface area (Å²) in [5.41, 5.74) is 0. The van der Waals surface area contributed by atoms with Crippen LogP contribution in [0, 0.1) is 0 Å². The summed E-state index contributed by atoms with van der Waals surface area (Å²) < 4.78 is 25.1. The number of rotatable bonds is 5. The van der Waals surface area contributed by atoms with Gasteiger partial charge in [-0.3, -0.25) is 0 Å². The molecule has 0 fully saturated rings. The summed E-state index contributed by atoms with van der Waals surface area (Å²) >= 11 is 3.30. The third-order valence-electron chi connectivity index (χ3n) is 1.89. The van der Waals surface area contributed by atoms with Gasteiger partial charge >= 0.3 is 0 Å². The molecule has 0 amide bonds. The standard InChI is InChI=1S/C9H13BrF2N4/c1-3-13-8-7(10)9(15-5-14-8)16(2)4-6(11)12/h5-6H,3-4H2,1-2H3,(H,13,14,15). The van der Waals surface area contributed by atoms with E-state index in [1.807, 2.05) is 6.92 Å². The van der Waals surface area contributed by atoms with E-state index in [9.17, 15) is 8.78 Å². The zero-order valence-corrected chi connectivity index (χ0v) is 10.6. The molecule has 1 heterocycles. The molecule has 1 rings (SSSR count). The summed E-state index contributed by atoms with van der Waals surface area (Å²) in [6, 6.07) is 0. The maximum atomic E-state index is 12.2. The van der Waals surface area contributed by atoms with Crippen molar-refractivity contribution in [3.05, 3.63) is 10.8 Å². The van der Waals surface area contributed by atoms with E-state index >= 15 is 0 Å². The van der Waals surface area contributed by atoms with Crippen LogP contribution in [0.4, 0.5) is 20.4 Å². The summed E-state index contributed by atoms with van der Waals surface area (Å²) in [6.45, 7) is 2.27. The highest BCUT2D eigenvalue weighted by atomic mass is 79.9. The Bertz CT molecular complexity index is 348. The van der Waals surface area contributed by atoms with E-state index in [1.54, 1.807) is 7.05 Å². The molecule has 0 aliphatic heterocycles. The lowest BCUT2D eigenvalue weighted by Crippen LogP contribution is -2.25. The Kier molecular flexibility index (Phi) is 4.85. The number of alkyl halides is 2. The number of anilines is 2. The molecule has 7 heteroatoms. The SMILES string of the molecule is CCNc1ncnc(N(C)CC(F)F)c1Br. The molecule has 1 aromatic rings. The van der Waals surface area contributed by atoms with E-state index < -0.39 is 6.43 Å². The van der Waals surface area contributed by atoms with E-state index in [2.05, 4.69) is 31.2 Å². The first-order valence-electron chi connectivity index (χ1n) is 4.79. The van der Waals surface area contributed by atoms with Crippen LogP contribution in [0.2, 0.25) is 0 Å². The average Bonchev–Trinajstić information content (AvgIpc) is 2.20. The van der Waals surface area contributed by atoms with Crippen LogP contribution in [-0.2, 0) is 0 Å². The van der Waals surface area contributed by atoms with Gasteiger partial charge in [0.1, 0.15) is 22.4 Å². The van der Waals surface area contributed by atoms with Crippen LogP contribution in [0.3, 0.4) is 0 Å². The van der Waals surface area contributed by atoms with Crippen molar-refractivity contribution in [1.29, 1.82) is 0 Å². The van der Waals surface area contributed by atoms with Gasteiger partial charge in [0.05, 0.1) is 6.54 Å². The van der Waals surface area contributed by atoms with Crippen molar-refractivity contribution in [2.75, 3.05) is 30.4 Å². The summed E-state index contributed by atoms with van der Waals surface area (Å²) in [7, 11) is 1.56. The van der Waals surface area contributed by atoms with Crippen LogP contribution >= 0.6 is 15.9 Å². The maximum Gasteiger partial charge on any atom is 0.255 e. The molecule has 0 aromatic carbocycles. The van der Waals surface area contributed by atoms with Gasteiger partial charge in [0.2, 0.25) is 0 Å². The minimum Gasteiger partial charge on any atom is -0.369 e. The van der Waals surface area contributed by atoms with Gasteiger partial charge in [-0.05, 0) is 22.9 Å². The Balaban J connectivity index is 2.91. The molecule has 0 atom stereocenters. The topological polar surface area (TPSA) is 41.1 Å². The quantitative estimate of drug-likeness (QED) is 0.905. The largest absolute Gasteiger partial charge is 0.369 e. The van der Waals surface area contributed by atoms with E-state index in [1.165, 1.54) is 11.2 Å². The van der Waals surface area contributed by atoms with Gasteiger partial charge in [-0.2, -0.15) is 0 Å². The molecule has 1 aromatic heterocycles. The van der Waals surface area contributed by atoms with Crippen molar-refractivity contribution in [3.63, 3.8) is 0 Å². The Morgan fingerprint density at radius 3 is 2.75 bits per heavy atom. The fraction of sp³-hybridized carbons (Fsp3) is 0.556. The van der Waals surface area contributed by atoms with Crippen LogP contribution in [0.5, 0.6) is 0 Å². The highest BCUT2D eigenvalue weighted by Crippen LogP contribution is 2.28. The van der Waals surface area contributed by atoms with Gasteiger partial charge in [0, 0.05) is 13.6 Å². The number of hydrogen-bond acceptors (Lipinski definition) is 4. The van der Waals surface area contributed by atoms with E-state index in [0.717, 1.165) is 0 Å². The van der Waals surface area contributed by atoms with Crippen molar-refractivity contribution in [2.24, 2.45) is 0 Å². The van der Waals surface area contributed by atoms with Crippen molar-refractivity contribution in [2.45, 2.75) is 13.3 Å². The molecule has 0 aliphatic rings. The summed E-state index contributed by atoms with van der Waals surface area (Å²) in [4.78, 5) is 9.36. The molecule has 1 N–H and O–H groups in total. The second-order valence-electron chi connectivity index (χ2n) is 3.16. The Labute approximate surface area is 101 Å². The number of nitrogens with one attached hydrogen (secondary N) is 1. The first-order valence-corrected chi connectivity index (χ1v) is 5.59. The van der Waals surface area contributed by atoms with E-state index in [4.69, 9.17) is 0 Å². The number of hydrogen-bond donors (Lipinski definition) is 1. The third-order valence-corrected chi connectivity index (χ3v) is 2.62. The first kappa shape index (κ1) is 13.1. The minimum absolute atomic E-state index is 0.360. The Hall–Kier alpha value is -0.980. The van der Waals surface area contributed by atoms with Gasteiger partial charge in [-0.25, -0.2) is 18.7 Å². The fourth-order valence-electron chi connectivity index (χ4n) is 1.21. The molecule has 0 radical (unpaired) electrons. The lowest BCUT2D eigenvalue weighted by molar-refractivity contribution is 0.156. The highest BCUT2D eigenvalue weighted by Gasteiger charge is 2.15. The Morgan fingerprint density at radius 1 is 1.50 bits per heavy atom. The van der Waals surface area contributed by atoms with Gasteiger partial charge in [0.15, 0.2) is 0 Å². The van der Waals surface area contributed by atoms with Crippen molar-refractivity contribution >= 4 is 27.6 Å². The molecular weight excluding hydrogens is 282 g/mol. The minimum atomic E-state index is -2.39. The summed E-state index contributed by atoms with van der Waals surface area (Å²) in [5.74, 6) is 1.06. The molecule has 0 aliphatic carbocycles. The summed E-state index contributed by atoms with van der Waals surface area (Å²) in [5, 5.41) is 3.01. The smallest absolute Gasteiger partial charge is 0.255 e. The first-order chi connectivity index (χ1) is 7.56. The zero-order chi connectivity index (χ0) is 12.1. The van der Waals surface area contributed by atoms with Crippen LogP contribution in [0.1, 0.15) is 6.92 Å². The molecule has 16 heavy (non-hydrogen) atoms. The normalized spacial score (nSPS) is 10.6. The molecule has 0 saturated carbocycles. The molecule has 0 bridgehead atoms. The van der Waals surface area contributed by atoms with Gasteiger partial charge in [-0.15, -0.1) is 0 Å². The van der Waals surface area contributed by atoms with Gasteiger partial charge < -0.3 is 10.2 Å². The molecule has 90 valence electrons. The van der Waals surface area contributed by atoms with Gasteiger partial charge in [-0.1, -0.05) is 0 Å². The van der Waals surface area contributed by atoms with Crippen molar-refractivity contribution in [1.82, 2.24) is 9.97 Å². The third kappa shape index (κ3) is 3.26. The number of halogens is 3. The maximum absolute atomic E-state index is 12.2. The van der Waals surface area contributed by atoms with Crippen LogP contribution in [0.15, 0.2) is 10.8 Å².